The van der Waals surface area contributed by atoms with Gasteiger partial charge >= 0.3 is 22.4 Å². The zero-order valence-corrected chi connectivity index (χ0v) is 7.99. The molecule has 0 fully saturated rings. The molecule has 1 aromatic rings. The second kappa shape index (κ2) is 4.63. The van der Waals surface area contributed by atoms with Crippen molar-refractivity contribution in [1.29, 1.82) is 0 Å². The summed E-state index contributed by atoms with van der Waals surface area (Å²) in [4.78, 5) is 10.5. The predicted octanol–water partition coefficient (Wildman–Crippen LogP) is 1.37. The Labute approximate surface area is 80.7 Å². The molecular weight excluding hydrogens is 329 g/mol. The van der Waals surface area contributed by atoms with E-state index in [1.807, 2.05) is 6.07 Å². The van der Waals surface area contributed by atoms with Crippen molar-refractivity contribution in [2.24, 2.45) is 0 Å². The summed E-state index contributed by atoms with van der Waals surface area (Å²) in [5.41, 5.74) is 0.590. The largest absolute Gasteiger partial charge is 1.00 e. The molecule has 10 heavy (non-hydrogen) atoms. The molecule has 0 spiro atoms. The fourth-order valence-electron chi connectivity index (χ4n) is 0.574. The van der Waals surface area contributed by atoms with Gasteiger partial charge in [-0.05, 0) is 5.56 Å². The first-order valence-electron chi connectivity index (χ1n) is 2.57. The molecule has 1 nitrogen and oxygen atoms in total. The summed E-state index contributed by atoms with van der Waals surface area (Å²) in [7, 11) is 0. The van der Waals surface area contributed by atoms with Crippen LogP contribution >= 0.6 is 0 Å². The van der Waals surface area contributed by atoms with Gasteiger partial charge in [-0.1, -0.05) is 30.3 Å². The van der Waals surface area contributed by atoms with Gasteiger partial charge in [0, 0.05) is 5.12 Å². The van der Waals surface area contributed by atoms with Crippen LogP contribution in [0.5, 0.6) is 0 Å². The summed E-state index contributed by atoms with van der Waals surface area (Å²) in [5, 5.41) is -0.296. The maximum Gasteiger partial charge on any atom is 1.00 e. The Balaban J connectivity index is 0.000000810. The average molecular weight is 334 g/mol. The van der Waals surface area contributed by atoms with Crippen molar-refractivity contribution in [1.82, 2.24) is 0 Å². The second-order valence-electron chi connectivity index (χ2n) is 1.65. The molecule has 0 aliphatic carbocycles. The quantitative estimate of drug-likeness (QED) is 0.570. The van der Waals surface area contributed by atoms with Gasteiger partial charge in [0.15, 0.2) is 0 Å². The molecule has 0 unspecified atom stereocenters. The van der Waals surface area contributed by atoms with Gasteiger partial charge in [-0.3, -0.25) is 0 Å². The minimum atomic E-state index is -0.296. The Morgan fingerprint density at radius 3 is 2.00 bits per heavy atom. The molecule has 3 heteroatoms. The van der Waals surface area contributed by atoms with E-state index < -0.39 is 0 Å². The zero-order chi connectivity index (χ0) is 6.69. The Morgan fingerprint density at radius 1 is 1.20 bits per heavy atom. The summed E-state index contributed by atoms with van der Waals surface area (Å²) in [6.45, 7) is 0. The van der Waals surface area contributed by atoms with Crippen LogP contribution in [0.4, 0.5) is 0 Å². The van der Waals surface area contributed by atoms with Gasteiger partial charge < -0.3 is 17.4 Å². The summed E-state index contributed by atoms with van der Waals surface area (Å²) < 4.78 is 0. The standard InChI is InChI=1S/C7H6OS.Au/c8-7(9)6-4-2-1-3-5-6;/h1-5H,(H,8,9);/q;+1/p-1. The van der Waals surface area contributed by atoms with E-state index in [-0.39, 0.29) is 27.5 Å². The van der Waals surface area contributed by atoms with Crippen molar-refractivity contribution in [3.63, 3.8) is 0 Å². The summed E-state index contributed by atoms with van der Waals surface area (Å²) in [5.74, 6) is 0. The Hall–Kier alpha value is -0.150. The average Bonchev–Trinajstić information content (AvgIpc) is 1.90. The number of rotatable bonds is 1. The minimum absolute atomic E-state index is 0. The molecule has 0 aliphatic heterocycles. The van der Waals surface area contributed by atoms with Crippen molar-refractivity contribution in [2.75, 3.05) is 0 Å². The van der Waals surface area contributed by atoms with Crippen LogP contribution < -0.4 is 0 Å². The Kier molecular flexibility index (Phi) is 4.56. The van der Waals surface area contributed by atoms with E-state index >= 15 is 0 Å². The SMILES string of the molecule is O=C([S-])c1ccccc1.[Au+]. The fraction of sp³-hybridized carbons (Fsp3) is 0. The molecular formula is C7H5AuOS. The van der Waals surface area contributed by atoms with Gasteiger partial charge in [0.1, 0.15) is 0 Å². The second-order valence-corrected chi connectivity index (χ2v) is 2.02. The van der Waals surface area contributed by atoms with Crippen LogP contribution in [0, 0.1) is 0 Å². The van der Waals surface area contributed by atoms with Crippen LogP contribution in [0.1, 0.15) is 10.4 Å². The molecule has 56 valence electrons. The first kappa shape index (κ1) is 9.85. The van der Waals surface area contributed by atoms with Crippen LogP contribution in [-0.2, 0) is 35.0 Å². The monoisotopic (exact) mass is 334 g/mol. The van der Waals surface area contributed by atoms with Crippen LogP contribution in [0.3, 0.4) is 0 Å². The molecule has 0 bridgehead atoms. The minimum Gasteiger partial charge on any atom is -0.737 e. The third kappa shape index (κ3) is 2.62. The van der Waals surface area contributed by atoms with E-state index in [4.69, 9.17) is 0 Å². The first-order chi connectivity index (χ1) is 4.30. The van der Waals surface area contributed by atoms with E-state index in [1.165, 1.54) is 0 Å². The third-order valence-electron chi connectivity index (χ3n) is 1.01. The van der Waals surface area contributed by atoms with Gasteiger partial charge in [0.25, 0.3) is 0 Å². The number of carbonyl (C=O) groups excluding carboxylic acids is 1. The molecule has 1 rings (SSSR count). The molecule has 0 aliphatic rings. The van der Waals surface area contributed by atoms with E-state index in [0.717, 1.165) is 0 Å². The zero-order valence-electron chi connectivity index (χ0n) is 5.00. The van der Waals surface area contributed by atoms with Crippen molar-refractivity contribution in [3.8, 4) is 0 Å². The van der Waals surface area contributed by atoms with Crippen molar-refractivity contribution in [3.05, 3.63) is 35.9 Å². The van der Waals surface area contributed by atoms with Gasteiger partial charge in [-0.2, -0.15) is 0 Å². The first-order valence-corrected chi connectivity index (χ1v) is 2.98. The Bertz CT molecular complexity index is 210. The van der Waals surface area contributed by atoms with Crippen LogP contribution in [0.25, 0.3) is 0 Å². The molecule has 1 aromatic carbocycles. The van der Waals surface area contributed by atoms with Crippen molar-refractivity contribution < 1.29 is 27.2 Å². The van der Waals surface area contributed by atoms with E-state index in [1.54, 1.807) is 24.3 Å². The van der Waals surface area contributed by atoms with Gasteiger partial charge in [0.05, 0.1) is 0 Å². The van der Waals surface area contributed by atoms with Crippen LogP contribution in [0.15, 0.2) is 30.3 Å². The smallest absolute Gasteiger partial charge is 0.737 e. The maximum absolute atomic E-state index is 10.5. The number of carbonyl (C=O) groups is 1. The Morgan fingerprint density at radius 2 is 1.70 bits per heavy atom. The van der Waals surface area contributed by atoms with Gasteiger partial charge in [-0.15, -0.1) is 0 Å². The summed E-state index contributed by atoms with van der Waals surface area (Å²) in [6.07, 6.45) is 0. The normalized spacial score (nSPS) is 8.00. The fourth-order valence-corrected chi connectivity index (χ4v) is 0.710. The van der Waals surface area contributed by atoms with E-state index in [2.05, 4.69) is 12.6 Å². The summed E-state index contributed by atoms with van der Waals surface area (Å²) >= 11 is 4.41. The maximum atomic E-state index is 10.5. The van der Waals surface area contributed by atoms with Gasteiger partial charge in [-0.25, -0.2) is 0 Å². The van der Waals surface area contributed by atoms with Crippen molar-refractivity contribution in [2.45, 2.75) is 0 Å². The van der Waals surface area contributed by atoms with Gasteiger partial charge in [0.2, 0.25) is 0 Å². The molecule has 0 amide bonds. The van der Waals surface area contributed by atoms with Crippen molar-refractivity contribution >= 4 is 17.7 Å². The number of benzene rings is 1. The molecule has 0 saturated carbocycles. The predicted molar refractivity (Wildman–Crippen MR) is 38.1 cm³/mol. The van der Waals surface area contributed by atoms with E-state index in [9.17, 15) is 4.79 Å². The number of hydrogen-bond acceptors (Lipinski definition) is 2. The van der Waals surface area contributed by atoms with Crippen LogP contribution in [0.2, 0.25) is 0 Å². The molecule has 0 atom stereocenters. The molecule has 0 aromatic heterocycles. The van der Waals surface area contributed by atoms with E-state index in [0.29, 0.717) is 5.56 Å². The molecule has 0 radical (unpaired) electrons. The molecule has 0 N–H and O–H groups in total. The molecule has 0 saturated heterocycles. The third-order valence-corrected chi connectivity index (χ3v) is 1.25. The summed E-state index contributed by atoms with van der Waals surface area (Å²) in [6, 6.07) is 8.84. The molecule has 0 heterocycles. The van der Waals surface area contributed by atoms with Crippen LogP contribution in [-0.4, -0.2) is 5.12 Å². The topological polar surface area (TPSA) is 17.1 Å². The number of hydrogen-bond donors (Lipinski definition) is 0.